The van der Waals surface area contributed by atoms with Crippen molar-refractivity contribution in [2.75, 3.05) is 7.11 Å². The van der Waals surface area contributed by atoms with Gasteiger partial charge in [-0.15, -0.1) is 0 Å². The van der Waals surface area contributed by atoms with E-state index in [4.69, 9.17) is 9.84 Å². The van der Waals surface area contributed by atoms with Gasteiger partial charge in [0.2, 0.25) is 0 Å². The Morgan fingerprint density at radius 2 is 2.45 bits per heavy atom. The van der Waals surface area contributed by atoms with Gasteiger partial charge >= 0.3 is 5.97 Å². The maximum absolute atomic E-state index is 10.6. The van der Waals surface area contributed by atoms with Crippen LogP contribution in [0.3, 0.4) is 0 Å². The van der Waals surface area contributed by atoms with Crippen LogP contribution in [-0.2, 0) is 9.53 Å². The molecule has 0 unspecified atom stereocenters. The molecule has 1 aliphatic carbocycles. The molecule has 0 amide bonds. The van der Waals surface area contributed by atoms with Gasteiger partial charge in [-0.2, -0.15) is 0 Å². The molecule has 1 aliphatic rings. The molecule has 0 aromatic carbocycles. The molecule has 0 aromatic heterocycles. The van der Waals surface area contributed by atoms with Crippen molar-refractivity contribution in [3.8, 4) is 0 Å². The summed E-state index contributed by atoms with van der Waals surface area (Å²) in [4.78, 5) is 10.6. The summed E-state index contributed by atoms with van der Waals surface area (Å²) in [6, 6.07) is 0. The molecule has 0 saturated heterocycles. The highest BCUT2D eigenvalue weighted by molar-refractivity contribution is 5.71. The van der Waals surface area contributed by atoms with Gasteiger partial charge in [-0.3, -0.25) is 4.79 Å². The molecule has 3 nitrogen and oxygen atoms in total. The summed E-state index contributed by atoms with van der Waals surface area (Å²) in [6.45, 7) is 0. The predicted molar refractivity (Wildman–Crippen MR) is 40.3 cm³/mol. The van der Waals surface area contributed by atoms with Crippen molar-refractivity contribution >= 4 is 5.97 Å². The van der Waals surface area contributed by atoms with E-state index < -0.39 is 5.97 Å². The Hall–Kier alpha value is -0.830. The highest BCUT2D eigenvalue weighted by atomic mass is 16.5. The summed E-state index contributed by atoms with van der Waals surface area (Å²) in [7, 11) is 1.54. The van der Waals surface area contributed by atoms with E-state index in [-0.39, 0.29) is 12.0 Å². The SMILES string of the molecule is CO[C@H]1C=CCC[C@@H]1C(=O)O. The van der Waals surface area contributed by atoms with E-state index in [1.807, 2.05) is 12.2 Å². The van der Waals surface area contributed by atoms with Gasteiger partial charge in [0.1, 0.15) is 0 Å². The minimum absolute atomic E-state index is 0.235. The second-order valence-corrected chi connectivity index (χ2v) is 2.65. The number of ether oxygens (including phenoxy) is 1. The molecule has 0 aromatic rings. The Labute approximate surface area is 65.7 Å². The van der Waals surface area contributed by atoms with E-state index in [0.717, 1.165) is 6.42 Å². The Kier molecular flexibility index (Phi) is 2.65. The Morgan fingerprint density at radius 1 is 1.73 bits per heavy atom. The van der Waals surface area contributed by atoms with Crippen molar-refractivity contribution in [3.05, 3.63) is 12.2 Å². The highest BCUT2D eigenvalue weighted by Crippen LogP contribution is 2.20. The third-order valence-corrected chi connectivity index (χ3v) is 1.96. The predicted octanol–water partition coefficient (Wildman–Crippen LogP) is 1.05. The molecule has 1 rings (SSSR count). The number of hydrogen-bond acceptors (Lipinski definition) is 2. The van der Waals surface area contributed by atoms with Crippen LogP contribution in [0.2, 0.25) is 0 Å². The monoisotopic (exact) mass is 156 g/mol. The number of aliphatic carboxylic acids is 1. The molecule has 0 fully saturated rings. The van der Waals surface area contributed by atoms with Crippen LogP contribution >= 0.6 is 0 Å². The largest absolute Gasteiger partial charge is 0.481 e. The number of rotatable bonds is 2. The Morgan fingerprint density at radius 3 is 2.91 bits per heavy atom. The molecule has 3 heteroatoms. The van der Waals surface area contributed by atoms with E-state index in [9.17, 15) is 4.79 Å². The number of allylic oxidation sites excluding steroid dienone is 1. The van der Waals surface area contributed by atoms with Gasteiger partial charge in [0.05, 0.1) is 12.0 Å². The van der Waals surface area contributed by atoms with Crippen LogP contribution in [0, 0.1) is 5.92 Å². The number of carboxylic acids is 1. The molecule has 0 radical (unpaired) electrons. The fourth-order valence-electron chi connectivity index (χ4n) is 1.31. The summed E-state index contributed by atoms with van der Waals surface area (Å²) < 4.78 is 5.00. The van der Waals surface area contributed by atoms with Gasteiger partial charge in [0.25, 0.3) is 0 Å². The molecule has 11 heavy (non-hydrogen) atoms. The summed E-state index contributed by atoms with van der Waals surface area (Å²) in [5.41, 5.74) is 0. The first-order valence-electron chi connectivity index (χ1n) is 3.68. The van der Waals surface area contributed by atoms with Crippen molar-refractivity contribution in [2.45, 2.75) is 18.9 Å². The zero-order chi connectivity index (χ0) is 8.27. The average molecular weight is 156 g/mol. The molecule has 1 N–H and O–H groups in total. The molecule has 62 valence electrons. The molecule has 0 spiro atoms. The van der Waals surface area contributed by atoms with Crippen LogP contribution in [0.15, 0.2) is 12.2 Å². The lowest BCUT2D eigenvalue weighted by Gasteiger charge is -2.22. The Balaban J connectivity index is 2.63. The van der Waals surface area contributed by atoms with Crippen molar-refractivity contribution in [1.82, 2.24) is 0 Å². The second-order valence-electron chi connectivity index (χ2n) is 2.65. The first kappa shape index (κ1) is 8.27. The smallest absolute Gasteiger partial charge is 0.309 e. The zero-order valence-electron chi connectivity index (χ0n) is 6.49. The maximum atomic E-state index is 10.6. The maximum Gasteiger partial charge on any atom is 0.309 e. The van der Waals surface area contributed by atoms with Crippen LogP contribution in [0.4, 0.5) is 0 Å². The fourth-order valence-corrected chi connectivity index (χ4v) is 1.31. The number of methoxy groups -OCH3 is 1. The van der Waals surface area contributed by atoms with Crippen molar-refractivity contribution < 1.29 is 14.6 Å². The van der Waals surface area contributed by atoms with Crippen LogP contribution in [0.25, 0.3) is 0 Å². The number of carbonyl (C=O) groups is 1. The van der Waals surface area contributed by atoms with Crippen LogP contribution < -0.4 is 0 Å². The fraction of sp³-hybridized carbons (Fsp3) is 0.625. The molecule has 0 aliphatic heterocycles. The third kappa shape index (κ3) is 1.80. The van der Waals surface area contributed by atoms with Crippen molar-refractivity contribution in [1.29, 1.82) is 0 Å². The van der Waals surface area contributed by atoms with E-state index in [1.165, 1.54) is 7.11 Å². The van der Waals surface area contributed by atoms with Gasteiger partial charge in [-0.1, -0.05) is 12.2 Å². The van der Waals surface area contributed by atoms with Crippen molar-refractivity contribution in [2.24, 2.45) is 5.92 Å². The zero-order valence-corrected chi connectivity index (χ0v) is 6.49. The minimum atomic E-state index is -0.763. The van der Waals surface area contributed by atoms with E-state index in [1.54, 1.807) is 0 Å². The van der Waals surface area contributed by atoms with Gasteiger partial charge in [-0.05, 0) is 12.8 Å². The third-order valence-electron chi connectivity index (χ3n) is 1.96. The molecule has 0 heterocycles. The lowest BCUT2D eigenvalue weighted by molar-refractivity contribution is -0.145. The minimum Gasteiger partial charge on any atom is -0.481 e. The topological polar surface area (TPSA) is 46.5 Å². The van der Waals surface area contributed by atoms with Crippen LogP contribution in [-0.4, -0.2) is 24.3 Å². The summed E-state index contributed by atoms with van der Waals surface area (Å²) >= 11 is 0. The van der Waals surface area contributed by atoms with Crippen LogP contribution in [0.1, 0.15) is 12.8 Å². The lowest BCUT2D eigenvalue weighted by Crippen LogP contribution is -2.29. The normalized spacial score (nSPS) is 30.3. The van der Waals surface area contributed by atoms with Gasteiger partial charge in [0.15, 0.2) is 0 Å². The summed E-state index contributed by atoms with van der Waals surface area (Å²) in [5, 5.41) is 8.73. The first-order valence-corrected chi connectivity index (χ1v) is 3.68. The standard InChI is InChI=1S/C8H12O3/c1-11-7-5-3-2-4-6(7)8(9)10/h3,5-7H,2,4H2,1H3,(H,9,10)/t6-,7-/m0/s1. The quantitative estimate of drug-likeness (QED) is 0.608. The first-order chi connectivity index (χ1) is 5.25. The molecular weight excluding hydrogens is 144 g/mol. The molecule has 0 saturated carbocycles. The van der Waals surface area contributed by atoms with Gasteiger partial charge in [-0.25, -0.2) is 0 Å². The Bertz CT molecular complexity index is 174. The molecule has 0 bridgehead atoms. The summed E-state index contributed by atoms with van der Waals surface area (Å²) in [6.07, 6.45) is 5.08. The van der Waals surface area contributed by atoms with Crippen LogP contribution in [0.5, 0.6) is 0 Å². The highest BCUT2D eigenvalue weighted by Gasteiger charge is 2.27. The molecule has 2 atom stereocenters. The lowest BCUT2D eigenvalue weighted by atomic mass is 9.92. The van der Waals surface area contributed by atoms with E-state index in [2.05, 4.69) is 0 Å². The number of carboxylic acid groups (broad SMARTS) is 1. The van der Waals surface area contributed by atoms with Gasteiger partial charge < -0.3 is 9.84 Å². The van der Waals surface area contributed by atoms with E-state index in [0.29, 0.717) is 6.42 Å². The van der Waals surface area contributed by atoms with E-state index >= 15 is 0 Å². The second kappa shape index (κ2) is 3.53. The van der Waals surface area contributed by atoms with Gasteiger partial charge in [0, 0.05) is 7.11 Å². The number of hydrogen-bond donors (Lipinski definition) is 1. The summed E-state index contributed by atoms with van der Waals surface area (Å²) in [5.74, 6) is -1.12. The average Bonchev–Trinajstić information content (AvgIpc) is 2.04. The van der Waals surface area contributed by atoms with Crippen molar-refractivity contribution in [3.63, 3.8) is 0 Å². The molecular formula is C8H12O3.